The lowest BCUT2D eigenvalue weighted by molar-refractivity contribution is -0.137. The lowest BCUT2D eigenvalue weighted by atomic mass is 10.0. The maximum atomic E-state index is 10.5. The Kier molecular flexibility index (Phi) is 2.60. The minimum Gasteiger partial charge on any atom is -0.480 e. The Morgan fingerprint density at radius 3 is 2.80 bits per heavy atom. The molecular weight excluding hydrogens is 148 g/mol. The molecule has 1 N–H and O–H groups in total. The largest absolute Gasteiger partial charge is 0.480 e. The molecule has 0 spiro atoms. The van der Waals surface area contributed by atoms with Gasteiger partial charge in [-0.1, -0.05) is 6.92 Å². The number of thioether (sulfide) groups is 1. The average molecular weight is 160 g/mol. The smallest absolute Gasteiger partial charge is 0.316 e. The van der Waals surface area contributed by atoms with Crippen LogP contribution in [0.3, 0.4) is 0 Å². The van der Waals surface area contributed by atoms with Crippen LogP contribution in [-0.4, -0.2) is 22.1 Å². The number of rotatable bonds is 1. The van der Waals surface area contributed by atoms with Gasteiger partial charge < -0.3 is 5.11 Å². The molecule has 0 saturated carbocycles. The molecule has 58 valence electrons. The molecule has 0 aromatic carbocycles. The molecule has 1 saturated heterocycles. The second-order valence-electron chi connectivity index (χ2n) is 2.75. The van der Waals surface area contributed by atoms with Gasteiger partial charge in [-0.15, -0.1) is 11.8 Å². The Hall–Kier alpha value is -0.180. The first-order valence-electron chi connectivity index (χ1n) is 3.56. The lowest BCUT2D eigenvalue weighted by Crippen LogP contribution is -2.27. The predicted molar refractivity (Wildman–Crippen MR) is 42.3 cm³/mol. The second-order valence-corrected chi connectivity index (χ2v) is 4.00. The van der Waals surface area contributed by atoms with Crippen molar-refractivity contribution in [2.75, 3.05) is 5.75 Å². The van der Waals surface area contributed by atoms with E-state index in [-0.39, 0.29) is 5.25 Å². The summed E-state index contributed by atoms with van der Waals surface area (Å²) in [4.78, 5) is 10.5. The van der Waals surface area contributed by atoms with Crippen LogP contribution in [0.2, 0.25) is 0 Å². The molecule has 1 rings (SSSR count). The van der Waals surface area contributed by atoms with Gasteiger partial charge in [0.05, 0.1) is 0 Å². The van der Waals surface area contributed by atoms with Crippen molar-refractivity contribution in [3.05, 3.63) is 0 Å². The van der Waals surface area contributed by atoms with Gasteiger partial charge in [0.25, 0.3) is 0 Å². The third-order valence-corrected chi connectivity index (χ3v) is 3.41. The normalized spacial score (nSPS) is 33.7. The molecule has 10 heavy (non-hydrogen) atoms. The fraction of sp³-hybridized carbons (Fsp3) is 0.857. The Labute approximate surface area is 65.0 Å². The summed E-state index contributed by atoms with van der Waals surface area (Å²) in [7, 11) is 0. The number of carboxylic acid groups (broad SMARTS) is 1. The van der Waals surface area contributed by atoms with E-state index in [9.17, 15) is 4.79 Å². The molecular formula is C7H12O2S. The number of carboxylic acids is 1. The summed E-state index contributed by atoms with van der Waals surface area (Å²) in [6.45, 7) is 2.02. The van der Waals surface area contributed by atoms with Gasteiger partial charge in [0.1, 0.15) is 5.25 Å². The van der Waals surface area contributed by atoms with Crippen molar-refractivity contribution in [2.24, 2.45) is 5.92 Å². The molecule has 1 aliphatic heterocycles. The van der Waals surface area contributed by atoms with Crippen molar-refractivity contribution in [3.8, 4) is 0 Å². The predicted octanol–water partition coefficient (Wildman–Crippen LogP) is 1.60. The van der Waals surface area contributed by atoms with Crippen molar-refractivity contribution in [1.29, 1.82) is 0 Å². The van der Waals surface area contributed by atoms with Gasteiger partial charge in [-0.2, -0.15) is 0 Å². The summed E-state index contributed by atoms with van der Waals surface area (Å²) in [6.07, 6.45) is 2.25. The molecule has 1 fully saturated rings. The van der Waals surface area contributed by atoms with Crippen LogP contribution in [0, 0.1) is 5.92 Å². The number of hydrogen-bond donors (Lipinski definition) is 1. The molecule has 2 nitrogen and oxygen atoms in total. The van der Waals surface area contributed by atoms with Gasteiger partial charge in [0.15, 0.2) is 0 Å². The van der Waals surface area contributed by atoms with Crippen LogP contribution in [0.25, 0.3) is 0 Å². The quantitative estimate of drug-likeness (QED) is 0.633. The topological polar surface area (TPSA) is 37.3 Å². The van der Waals surface area contributed by atoms with Gasteiger partial charge in [0, 0.05) is 0 Å². The molecule has 0 bridgehead atoms. The summed E-state index contributed by atoms with van der Waals surface area (Å²) in [5.74, 6) is 0.731. The molecule has 2 unspecified atom stereocenters. The standard InChI is InChI=1S/C7H12O2S/c1-5-3-2-4-10-6(5)7(8)9/h5-6H,2-4H2,1H3,(H,8,9). The summed E-state index contributed by atoms with van der Waals surface area (Å²) in [5.41, 5.74) is 0. The van der Waals surface area contributed by atoms with Crippen LogP contribution in [0.4, 0.5) is 0 Å². The summed E-state index contributed by atoms with van der Waals surface area (Å²) in [6, 6.07) is 0. The van der Waals surface area contributed by atoms with Gasteiger partial charge >= 0.3 is 5.97 Å². The zero-order valence-corrected chi connectivity index (χ0v) is 6.86. The molecule has 0 aliphatic carbocycles. The minimum atomic E-state index is -0.641. The third-order valence-electron chi connectivity index (χ3n) is 1.86. The SMILES string of the molecule is CC1CCCSC1C(=O)O. The highest BCUT2D eigenvalue weighted by Gasteiger charge is 2.27. The van der Waals surface area contributed by atoms with E-state index in [2.05, 4.69) is 0 Å². The maximum absolute atomic E-state index is 10.5. The van der Waals surface area contributed by atoms with Gasteiger partial charge in [0.2, 0.25) is 0 Å². The number of hydrogen-bond acceptors (Lipinski definition) is 2. The molecule has 0 aromatic heterocycles. The fourth-order valence-electron chi connectivity index (χ4n) is 1.25. The van der Waals surface area contributed by atoms with Crippen LogP contribution in [0.5, 0.6) is 0 Å². The molecule has 2 atom stereocenters. The summed E-state index contributed by atoms with van der Waals surface area (Å²) < 4.78 is 0. The van der Waals surface area contributed by atoms with E-state index in [1.54, 1.807) is 11.8 Å². The van der Waals surface area contributed by atoms with E-state index >= 15 is 0 Å². The van der Waals surface area contributed by atoms with E-state index in [1.165, 1.54) is 6.42 Å². The molecule has 3 heteroatoms. The van der Waals surface area contributed by atoms with E-state index < -0.39 is 5.97 Å². The molecule has 1 aliphatic rings. The maximum Gasteiger partial charge on any atom is 0.316 e. The van der Waals surface area contributed by atoms with Crippen LogP contribution in [0.15, 0.2) is 0 Å². The highest BCUT2D eigenvalue weighted by atomic mass is 32.2. The first-order chi connectivity index (χ1) is 4.72. The summed E-state index contributed by atoms with van der Waals surface area (Å²) in [5, 5.41) is 8.54. The van der Waals surface area contributed by atoms with Gasteiger partial charge in [-0.25, -0.2) is 0 Å². The van der Waals surface area contributed by atoms with Crippen molar-refractivity contribution in [2.45, 2.75) is 25.0 Å². The average Bonchev–Trinajstić information content (AvgIpc) is 1.88. The highest BCUT2D eigenvalue weighted by molar-refractivity contribution is 8.00. The molecule has 0 aromatic rings. The first-order valence-corrected chi connectivity index (χ1v) is 4.61. The van der Waals surface area contributed by atoms with Crippen LogP contribution >= 0.6 is 11.8 Å². The van der Waals surface area contributed by atoms with Crippen molar-refractivity contribution < 1.29 is 9.90 Å². The Bertz CT molecular complexity index is 136. The zero-order valence-electron chi connectivity index (χ0n) is 6.04. The number of carbonyl (C=O) groups is 1. The van der Waals surface area contributed by atoms with Crippen molar-refractivity contribution >= 4 is 17.7 Å². The van der Waals surface area contributed by atoms with E-state index in [0.29, 0.717) is 5.92 Å². The highest BCUT2D eigenvalue weighted by Crippen LogP contribution is 2.30. The van der Waals surface area contributed by atoms with Crippen LogP contribution in [-0.2, 0) is 4.79 Å². The van der Waals surface area contributed by atoms with E-state index in [4.69, 9.17) is 5.11 Å². The van der Waals surface area contributed by atoms with Crippen molar-refractivity contribution in [1.82, 2.24) is 0 Å². The first kappa shape index (κ1) is 7.92. The second kappa shape index (κ2) is 3.28. The lowest BCUT2D eigenvalue weighted by Gasteiger charge is -2.24. The fourth-order valence-corrected chi connectivity index (χ4v) is 2.44. The zero-order chi connectivity index (χ0) is 7.56. The summed E-state index contributed by atoms with van der Waals surface area (Å²) >= 11 is 1.58. The third kappa shape index (κ3) is 1.66. The monoisotopic (exact) mass is 160 g/mol. The molecule has 0 amide bonds. The van der Waals surface area contributed by atoms with E-state index in [1.807, 2.05) is 6.92 Å². The van der Waals surface area contributed by atoms with Crippen LogP contribution in [0.1, 0.15) is 19.8 Å². The van der Waals surface area contributed by atoms with Crippen LogP contribution < -0.4 is 0 Å². The Morgan fingerprint density at radius 2 is 2.40 bits per heavy atom. The number of aliphatic carboxylic acids is 1. The molecule has 0 radical (unpaired) electrons. The Balaban J connectivity index is 2.47. The van der Waals surface area contributed by atoms with E-state index in [0.717, 1.165) is 12.2 Å². The van der Waals surface area contributed by atoms with Gasteiger partial charge in [-0.3, -0.25) is 4.79 Å². The van der Waals surface area contributed by atoms with Gasteiger partial charge in [-0.05, 0) is 24.5 Å². The molecule has 1 heterocycles. The Morgan fingerprint density at radius 1 is 1.70 bits per heavy atom. The minimum absolute atomic E-state index is 0.145. The van der Waals surface area contributed by atoms with Crippen molar-refractivity contribution in [3.63, 3.8) is 0 Å².